The molecule has 0 heterocycles. The Morgan fingerprint density at radius 1 is 1.00 bits per heavy atom. The van der Waals surface area contributed by atoms with Crippen LogP contribution >= 0.6 is 0 Å². The van der Waals surface area contributed by atoms with Crippen LogP contribution in [-0.2, 0) is 10.1 Å². The molecule has 0 aliphatic carbocycles. The number of phenolic OH excluding ortho intramolecular Hbond substituents is 1. The molecular formula is C10H9NaO4S. The van der Waals surface area contributed by atoms with Gasteiger partial charge in [0.05, 0.1) is 0 Å². The van der Waals surface area contributed by atoms with Crippen molar-refractivity contribution in [3.05, 3.63) is 36.4 Å². The van der Waals surface area contributed by atoms with Gasteiger partial charge in [-0.3, -0.25) is 4.55 Å². The van der Waals surface area contributed by atoms with Crippen molar-refractivity contribution >= 4 is 50.4 Å². The molecule has 2 aromatic rings. The molecule has 80 valence electrons. The molecule has 0 spiro atoms. The Hall–Kier alpha value is -0.590. The Morgan fingerprint density at radius 3 is 2.00 bits per heavy atom. The van der Waals surface area contributed by atoms with Crippen molar-refractivity contribution in [1.29, 1.82) is 0 Å². The molecule has 0 atom stereocenters. The summed E-state index contributed by atoms with van der Waals surface area (Å²) in [6, 6.07) is 9.49. The molecule has 16 heavy (non-hydrogen) atoms. The van der Waals surface area contributed by atoms with Crippen molar-refractivity contribution in [2.75, 3.05) is 0 Å². The number of aromatic hydroxyl groups is 1. The average Bonchev–Trinajstić information content (AvgIpc) is 2.15. The van der Waals surface area contributed by atoms with Gasteiger partial charge in [0.15, 0.2) is 0 Å². The van der Waals surface area contributed by atoms with Gasteiger partial charge in [-0.05, 0) is 22.9 Å². The summed E-state index contributed by atoms with van der Waals surface area (Å²) in [5.41, 5.74) is 0. The van der Waals surface area contributed by atoms with Crippen LogP contribution in [0.1, 0.15) is 0 Å². The molecule has 0 amide bonds. The van der Waals surface area contributed by atoms with Crippen molar-refractivity contribution in [3.63, 3.8) is 0 Å². The number of hydrogen-bond acceptors (Lipinski definition) is 3. The van der Waals surface area contributed by atoms with Gasteiger partial charge in [0.1, 0.15) is 10.6 Å². The number of rotatable bonds is 1. The molecular weight excluding hydrogens is 239 g/mol. The van der Waals surface area contributed by atoms with E-state index in [0.29, 0.717) is 10.8 Å². The summed E-state index contributed by atoms with van der Waals surface area (Å²) in [5, 5.41) is 10.8. The molecule has 0 unspecified atom stereocenters. The molecule has 2 aromatic carbocycles. The van der Waals surface area contributed by atoms with E-state index >= 15 is 0 Å². The van der Waals surface area contributed by atoms with Crippen LogP contribution in [0.25, 0.3) is 10.8 Å². The molecule has 2 N–H and O–H groups in total. The first-order chi connectivity index (χ1) is 6.98. The van der Waals surface area contributed by atoms with Crippen LogP contribution in [-0.4, -0.2) is 47.6 Å². The van der Waals surface area contributed by atoms with Gasteiger partial charge in [-0.2, -0.15) is 8.42 Å². The van der Waals surface area contributed by atoms with Crippen molar-refractivity contribution < 1.29 is 18.1 Å². The van der Waals surface area contributed by atoms with Crippen LogP contribution < -0.4 is 0 Å². The summed E-state index contributed by atoms with van der Waals surface area (Å²) in [6.45, 7) is 0. The molecule has 4 nitrogen and oxygen atoms in total. The first-order valence-electron chi connectivity index (χ1n) is 4.18. The number of phenols is 1. The summed E-state index contributed by atoms with van der Waals surface area (Å²) in [6.07, 6.45) is 0. The molecule has 0 aromatic heterocycles. The van der Waals surface area contributed by atoms with Crippen molar-refractivity contribution in [2.24, 2.45) is 0 Å². The van der Waals surface area contributed by atoms with E-state index in [1.165, 1.54) is 12.1 Å². The normalized spacial score (nSPS) is 11.1. The molecule has 2 rings (SSSR count). The van der Waals surface area contributed by atoms with E-state index in [0.717, 1.165) is 0 Å². The number of hydrogen-bond donors (Lipinski definition) is 2. The fourth-order valence-electron chi connectivity index (χ4n) is 1.41. The first kappa shape index (κ1) is 13.5. The fraction of sp³-hybridized carbons (Fsp3) is 0. The summed E-state index contributed by atoms with van der Waals surface area (Å²) in [4.78, 5) is -0.471. The standard InChI is InChI=1S/C10H8O4S.Na.H/c11-9-5-7-3-1-2-4-8(7)6-10(9)15(12,13)14;;/h1-6,11H,(H,12,13,14);;. The predicted octanol–water partition coefficient (Wildman–Crippen LogP) is 1.14. The first-order valence-corrected chi connectivity index (χ1v) is 5.62. The molecule has 0 aliphatic rings. The van der Waals surface area contributed by atoms with E-state index in [1.54, 1.807) is 24.3 Å². The van der Waals surface area contributed by atoms with Gasteiger partial charge in [-0.1, -0.05) is 24.3 Å². The third-order valence-corrected chi connectivity index (χ3v) is 2.99. The van der Waals surface area contributed by atoms with Gasteiger partial charge >= 0.3 is 29.6 Å². The van der Waals surface area contributed by atoms with Crippen LogP contribution in [0, 0.1) is 0 Å². The van der Waals surface area contributed by atoms with Gasteiger partial charge in [0, 0.05) is 0 Å². The average molecular weight is 248 g/mol. The van der Waals surface area contributed by atoms with Crippen molar-refractivity contribution in [3.8, 4) is 5.75 Å². The van der Waals surface area contributed by atoms with Crippen LogP contribution in [0.5, 0.6) is 5.75 Å². The Bertz CT molecular complexity index is 622. The van der Waals surface area contributed by atoms with Crippen LogP contribution in [0.15, 0.2) is 41.3 Å². The summed E-state index contributed by atoms with van der Waals surface area (Å²) in [5.74, 6) is -0.448. The third kappa shape index (κ3) is 2.56. The number of fused-ring (bicyclic) bond motifs is 1. The second kappa shape index (κ2) is 4.73. The molecule has 0 aliphatic heterocycles. The summed E-state index contributed by atoms with van der Waals surface area (Å²) < 4.78 is 30.6. The van der Waals surface area contributed by atoms with Gasteiger partial charge in [0.2, 0.25) is 0 Å². The topological polar surface area (TPSA) is 74.6 Å². The molecule has 0 bridgehead atoms. The fourth-order valence-corrected chi connectivity index (χ4v) is 2.01. The van der Waals surface area contributed by atoms with E-state index in [1.807, 2.05) is 0 Å². The maximum absolute atomic E-state index is 10.9. The molecule has 6 heteroatoms. The van der Waals surface area contributed by atoms with Gasteiger partial charge in [-0.15, -0.1) is 0 Å². The summed E-state index contributed by atoms with van der Waals surface area (Å²) in [7, 11) is -4.37. The van der Waals surface area contributed by atoms with E-state index < -0.39 is 20.8 Å². The van der Waals surface area contributed by atoms with Gasteiger partial charge in [0.25, 0.3) is 10.1 Å². The quantitative estimate of drug-likeness (QED) is 0.586. The Morgan fingerprint density at radius 2 is 1.50 bits per heavy atom. The Balaban J connectivity index is 0.00000128. The summed E-state index contributed by atoms with van der Waals surface area (Å²) >= 11 is 0. The Labute approximate surface area is 115 Å². The molecule has 0 fully saturated rings. The molecule has 0 saturated heterocycles. The second-order valence-electron chi connectivity index (χ2n) is 3.14. The molecule has 0 saturated carbocycles. The van der Waals surface area contributed by atoms with Crippen molar-refractivity contribution in [2.45, 2.75) is 4.90 Å². The maximum atomic E-state index is 10.9. The zero-order chi connectivity index (χ0) is 11.1. The van der Waals surface area contributed by atoms with E-state index in [2.05, 4.69) is 0 Å². The minimum atomic E-state index is -4.37. The van der Waals surface area contributed by atoms with E-state index in [9.17, 15) is 13.5 Å². The molecule has 0 radical (unpaired) electrons. The third-order valence-electron chi connectivity index (χ3n) is 2.11. The SMILES string of the molecule is O=S(=O)(O)c1cc2ccccc2cc1O.[NaH]. The minimum absolute atomic E-state index is 0. The Kier molecular flexibility index (Phi) is 3.98. The van der Waals surface area contributed by atoms with Crippen molar-refractivity contribution in [1.82, 2.24) is 0 Å². The second-order valence-corrected chi connectivity index (χ2v) is 4.53. The van der Waals surface area contributed by atoms with Crippen LogP contribution in [0.4, 0.5) is 0 Å². The predicted molar refractivity (Wildman–Crippen MR) is 62.6 cm³/mol. The van der Waals surface area contributed by atoms with Crippen LogP contribution in [0.2, 0.25) is 0 Å². The van der Waals surface area contributed by atoms with Gasteiger partial charge < -0.3 is 5.11 Å². The van der Waals surface area contributed by atoms with Crippen LogP contribution in [0.3, 0.4) is 0 Å². The van der Waals surface area contributed by atoms with E-state index in [-0.39, 0.29) is 29.6 Å². The van der Waals surface area contributed by atoms with E-state index in [4.69, 9.17) is 4.55 Å². The zero-order valence-electron chi connectivity index (χ0n) is 7.58. The zero-order valence-corrected chi connectivity index (χ0v) is 8.40. The monoisotopic (exact) mass is 248 g/mol. The van der Waals surface area contributed by atoms with Gasteiger partial charge in [-0.25, -0.2) is 0 Å². The number of benzene rings is 2.